The van der Waals surface area contributed by atoms with Crippen LogP contribution in [0, 0.1) is 0 Å². The molecule has 2 aromatic heterocycles. The summed E-state index contributed by atoms with van der Waals surface area (Å²) in [4.78, 5) is 16.4. The zero-order valence-electron chi connectivity index (χ0n) is 17.7. The fraction of sp³-hybridized carbons (Fsp3) is 0.429. The molecule has 0 saturated carbocycles. The van der Waals surface area contributed by atoms with Crippen molar-refractivity contribution in [1.29, 1.82) is 0 Å². The summed E-state index contributed by atoms with van der Waals surface area (Å²) in [6.45, 7) is 3.97. The third-order valence-electron chi connectivity index (χ3n) is 4.56. The van der Waals surface area contributed by atoms with Gasteiger partial charge in [0.25, 0.3) is 0 Å². The number of anilines is 1. The standard InChI is InChI=1S/C21H27N5O4/c1-13(2)21-23-20(30-26-21)8-7-19(27)22-18-11-15(24-25-18)6-5-14-9-16(28-3)12-17(10-14)29-4/h9-13H,5-8H2,1-4H3,(H2,22,24,25,27). The Bertz CT molecular complexity index is 957. The van der Waals surface area contributed by atoms with Gasteiger partial charge in [-0.3, -0.25) is 9.89 Å². The number of benzene rings is 1. The van der Waals surface area contributed by atoms with Gasteiger partial charge < -0.3 is 19.3 Å². The van der Waals surface area contributed by atoms with E-state index in [1.807, 2.05) is 38.1 Å². The fourth-order valence-corrected chi connectivity index (χ4v) is 2.87. The molecule has 30 heavy (non-hydrogen) atoms. The summed E-state index contributed by atoms with van der Waals surface area (Å²) in [5, 5.41) is 13.8. The number of carbonyl (C=O) groups excluding carboxylic acids is 1. The highest BCUT2D eigenvalue weighted by atomic mass is 16.5. The average Bonchev–Trinajstić information content (AvgIpc) is 3.40. The van der Waals surface area contributed by atoms with Crippen LogP contribution in [-0.4, -0.2) is 40.5 Å². The minimum Gasteiger partial charge on any atom is -0.497 e. The number of methoxy groups -OCH3 is 2. The van der Waals surface area contributed by atoms with Gasteiger partial charge in [0.2, 0.25) is 11.8 Å². The molecule has 3 aromatic rings. The second-order valence-corrected chi connectivity index (χ2v) is 7.25. The first-order valence-electron chi connectivity index (χ1n) is 9.85. The third kappa shape index (κ3) is 5.82. The fourth-order valence-electron chi connectivity index (χ4n) is 2.87. The summed E-state index contributed by atoms with van der Waals surface area (Å²) < 4.78 is 15.8. The van der Waals surface area contributed by atoms with E-state index in [1.54, 1.807) is 14.2 Å². The SMILES string of the molecule is COc1cc(CCc2cc(NC(=O)CCc3nc(C(C)C)no3)n[nH]2)cc(OC)c1. The van der Waals surface area contributed by atoms with Crippen LogP contribution < -0.4 is 14.8 Å². The van der Waals surface area contributed by atoms with E-state index >= 15 is 0 Å². The van der Waals surface area contributed by atoms with E-state index in [2.05, 4.69) is 25.7 Å². The highest BCUT2D eigenvalue weighted by Gasteiger charge is 2.12. The summed E-state index contributed by atoms with van der Waals surface area (Å²) in [6.07, 6.45) is 2.14. The Kier molecular flexibility index (Phi) is 7.05. The van der Waals surface area contributed by atoms with Crippen LogP contribution in [0.5, 0.6) is 11.5 Å². The molecule has 0 bridgehead atoms. The Balaban J connectivity index is 1.49. The van der Waals surface area contributed by atoms with Crippen LogP contribution in [0.15, 0.2) is 28.8 Å². The van der Waals surface area contributed by atoms with E-state index in [4.69, 9.17) is 14.0 Å². The number of rotatable bonds is 10. The first-order valence-corrected chi connectivity index (χ1v) is 9.85. The molecule has 0 aliphatic rings. The van der Waals surface area contributed by atoms with Gasteiger partial charge in [-0.15, -0.1) is 0 Å². The second-order valence-electron chi connectivity index (χ2n) is 7.25. The summed E-state index contributed by atoms with van der Waals surface area (Å²) in [7, 11) is 3.26. The van der Waals surface area contributed by atoms with Crippen LogP contribution in [0.4, 0.5) is 5.82 Å². The number of carbonyl (C=O) groups is 1. The van der Waals surface area contributed by atoms with Gasteiger partial charge >= 0.3 is 0 Å². The molecule has 3 rings (SSSR count). The van der Waals surface area contributed by atoms with Gasteiger partial charge in [0.15, 0.2) is 11.6 Å². The molecular weight excluding hydrogens is 386 g/mol. The van der Waals surface area contributed by atoms with E-state index in [1.165, 1.54) is 0 Å². The lowest BCUT2D eigenvalue weighted by atomic mass is 10.1. The number of nitrogens with one attached hydrogen (secondary N) is 2. The van der Waals surface area contributed by atoms with E-state index in [-0.39, 0.29) is 18.2 Å². The Labute approximate surface area is 175 Å². The molecule has 0 aliphatic heterocycles. The van der Waals surface area contributed by atoms with Crippen molar-refractivity contribution in [3.63, 3.8) is 0 Å². The number of hydrogen-bond acceptors (Lipinski definition) is 7. The zero-order valence-corrected chi connectivity index (χ0v) is 17.7. The van der Waals surface area contributed by atoms with Gasteiger partial charge in [0.05, 0.1) is 14.2 Å². The summed E-state index contributed by atoms with van der Waals surface area (Å²) >= 11 is 0. The van der Waals surface area contributed by atoms with Crippen LogP contribution in [0.1, 0.15) is 49.2 Å². The molecule has 9 heteroatoms. The van der Waals surface area contributed by atoms with Crippen LogP contribution in [0.3, 0.4) is 0 Å². The van der Waals surface area contributed by atoms with Crippen molar-refractivity contribution < 1.29 is 18.8 Å². The molecule has 0 fully saturated rings. The zero-order chi connectivity index (χ0) is 21.5. The molecule has 0 atom stereocenters. The van der Waals surface area contributed by atoms with E-state index in [9.17, 15) is 4.79 Å². The molecule has 0 radical (unpaired) electrons. The third-order valence-corrected chi connectivity index (χ3v) is 4.56. The average molecular weight is 413 g/mol. The molecule has 9 nitrogen and oxygen atoms in total. The monoisotopic (exact) mass is 413 g/mol. The molecule has 160 valence electrons. The summed E-state index contributed by atoms with van der Waals surface area (Å²) in [5.74, 6) is 3.15. The highest BCUT2D eigenvalue weighted by Crippen LogP contribution is 2.23. The number of aromatic nitrogens is 4. The van der Waals surface area contributed by atoms with Crippen molar-refractivity contribution in [2.24, 2.45) is 0 Å². The molecule has 1 amide bonds. The minimum absolute atomic E-state index is 0.158. The Morgan fingerprint density at radius 3 is 2.47 bits per heavy atom. The van der Waals surface area contributed by atoms with E-state index < -0.39 is 0 Å². The van der Waals surface area contributed by atoms with Crippen LogP contribution in [0.2, 0.25) is 0 Å². The smallest absolute Gasteiger partial charge is 0.227 e. The quantitative estimate of drug-likeness (QED) is 0.524. The Morgan fingerprint density at radius 2 is 1.83 bits per heavy atom. The van der Waals surface area contributed by atoms with E-state index in [0.717, 1.165) is 35.6 Å². The maximum absolute atomic E-state index is 12.2. The summed E-state index contributed by atoms with van der Waals surface area (Å²) in [5.41, 5.74) is 2.01. The van der Waals surface area contributed by atoms with Gasteiger partial charge in [-0.1, -0.05) is 19.0 Å². The maximum atomic E-state index is 12.2. The van der Waals surface area contributed by atoms with Crippen molar-refractivity contribution in [2.75, 3.05) is 19.5 Å². The topological polar surface area (TPSA) is 115 Å². The number of ether oxygens (including phenoxy) is 2. The van der Waals surface area contributed by atoms with Crippen molar-refractivity contribution in [1.82, 2.24) is 20.3 Å². The molecule has 2 heterocycles. The maximum Gasteiger partial charge on any atom is 0.227 e. The molecule has 0 aliphatic carbocycles. The van der Waals surface area contributed by atoms with Gasteiger partial charge in [-0.2, -0.15) is 10.1 Å². The van der Waals surface area contributed by atoms with Crippen LogP contribution >= 0.6 is 0 Å². The molecular formula is C21H27N5O4. The first kappa shape index (κ1) is 21.4. The summed E-state index contributed by atoms with van der Waals surface area (Å²) in [6, 6.07) is 7.62. The van der Waals surface area contributed by atoms with Crippen molar-refractivity contribution in [3.8, 4) is 11.5 Å². The number of aryl methyl sites for hydroxylation is 3. The normalized spacial score (nSPS) is 11.0. The Hall–Kier alpha value is -3.36. The largest absolute Gasteiger partial charge is 0.497 e. The molecule has 0 saturated heterocycles. The van der Waals surface area contributed by atoms with Gasteiger partial charge in [-0.05, 0) is 30.5 Å². The number of aromatic amines is 1. The van der Waals surface area contributed by atoms with Gasteiger partial charge in [-0.25, -0.2) is 0 Å². The highest BCUT2D eigenvalue weighted by molar-refractivity contribution is 5.89. The predicted octanol–water partition coefficient (Wildman–Crippen LogP) is 3.29. The van der Waals surface area contributed by atoms with Gasteiger partial charge in [0, 0.05) is 36.6 Å². The number of amides is 1. The lowest BCUT2D eigenvalue weighted by Crippen LogP contribution is -2.12. The van der Waals surface area contributed by atoms with Crippen LogP contribution in [0.25, 0.3) is 0 Å². The number of H-pyrrole nitrogens is 1. The molecule has 0 unspecified atom stereocenters. The molecule has 2 N–H and O–H groups in total. The van der Waals surface area contributed by atoms with Crippen molar-refractivity contribution in [3.05, 3.63) is 47.2 Å². The minimum atomic E-state index is -0.158. The van der Waals surface area contributed by atoms with Crippen molar-refractivity contribution in [2.45, 2.75) is 45.4 Å². The Morgan fingerprint density at radius 1 is 1.10 bits per heavy atom. The molecule has 0 spiro atoms. The number of nitrogens with zero attached hydrogens (tertiary/aromatic N) is 3. The second kappa shape index (κ2) is 9.91. The van der Waals surface area contributed by atoms with Gasteiger partial charge in [0.1, 0.15) is 11.5 Å². The predicted molar refractivity (Wildman–Crippen MR) is 111 cm³/mol. The lowest BCUT2D eigenvalue weighted by Gasteiger charge is -2.08. The van der Waals surface area contributed by atoms with Crippen LogP contribution in [-0.2, 0) is 24.1 Å². The lowest BCUT2D eigenvalue weighted by molar-refractivity contribution is -0.116. The number of hydrogen-bond donors (Lipinski definition) is 2. The first-order chi connectivity index (χ1) is 14.5. The molecule has 1 aromatic carbocycles. The van der Waals surface area contributed by atoms with Crippen molar-refractivity contribution >= 4 is 11.7 Å². The van der Waals surface area contributed by atoms with E-state index in [0.29, 0.717) is 24.0 Å².